The van der Waals surface area contributed by atoms with Gasteiger partial charge in [-0.1, -0.05) is 27.7 Å². The molecule has 284 valence electrons. The molecule has 0 amide bonds. The first-order valence-corrected chi connectivity index (χ1v) is 24.0. The highest BCUT2D eigenvalue weighted by Gasteiger charge is 2.29. The van der Waals surface area contributed by atoms with Crippen LogP contribution in [0, 0.1) is 0 Å². The lowest BCUT2D eigenvalue weighted by Crippen LogP contribution is -2.43. The average molecular weight is 743 g/mol. The van der Waals surface area contributed by atoms with Crippen LogP contribution in [0.3, 0.4) is 0 Å². The Morgan fingerprint density at radius 3 is 1.17 bits per heavy atom. The minimum Gasteiger partial charge on any atom is -0.418 e. The summed E-state index contributed by atoms with van der Waals surface area (Å²) in [6.07, 6.45) is 7.84. The lowest BCUT2D eigenvalue weighted by Gasteiger charge is -2.34. The maximum absolute atomic E-state index is 6.26. The summed E-state index contributed by atoms with van der Waals surface area (Å²) in [7, 11) is 5.83. The van der Waals surface area contributed by atoms with Crippen molar-refractivity contribution in [3.8, 4) is 0 Å². The number of methoxy groups -OCH3 is 2. The summed E-state index contributed by atoms with van der Waals surface area (Å²) in [6.45, 7) is 23.8. The zero-order valence-corrected chi connectivity index (χ0v) is 38.4. The number of nitrogens with zero attached hydrogens (tertiary/aromatic N) is 2. The van der Waals surface area contributed by atoms with Crippen LogP contribution >= 0.6 is 0 Å². The van der Waals surface area contributed by atoms with Crippen molar-refractivity contribution in [3.63, 3.8) is 0 Å². The Morgan fingerprint density at radius 1 is 0.553 bits per heavy atom. The van der Waals surface area contributed by atoms with Crippen molar-refractivity contribution in [2.75, 3.05) is 81.9 Å². The molecule has 0 N–H and O–H groups in total. The lowest BCUT2D eigenvalue weighted by atomic mass is 10.2. The monoisotopic (exact) mass is 742 g/mol. The van der Waals surface area contributed by atoms with Gasteiger partial charge in [-0.05, 0) is 110 Å². The highest BCUT2D eigenvalue weighted by molar-refractivity contribution is 6.46. The van der Waals surface area contributed by atoms with E-state index < -0.39 is 38.1 Å². The van der Waals surface area contributed by atoms with E-state index >= 15 is 0 Å². The normalized spacial score (nSPS) is 18.3. The van der Waals surface area contributed by atoms with E-state index in [0.717, 1.165) is 84.2 Å². The van der Waals surface area contributed by atoms with E-state index in [1.807, 2.05) is 14.2 Å². The summed E-state index contributed by atoms with van der Waals surface area (Å²) in [6, 6.07) is 0. The van der Waals surface area contributed by atoms with Gasteiger partial charge in [0.2, 0.25) is 0 Å². The molecule has 0 rings (SSSR count). The molecule has 0 radical (unpaired) electrons. The largest absolute Gasteiger partial charge is 0.418 e. The Balaban J connectivity index is 5.65. The second kappa shape index (κ2) is 27.2. The van der Waals surface area contributed by atoms with Crippen LogP contribution in [0.1, 0.15) is 100 Å². The predicted molar refractivity (Wildman–Crippen MR) is 207 cm³/mol. The van der Waals surface area contributed by atoms with Crippen LogP contribution in [-0.4, -0.2) is 152 Å². The molecular weight excluding hydrogens is 665 g/mol. The van der Waals surface area contributed by atoms with Crippen LogP contribution in [-0.2, 0) is 36.0 Å². The zero-order valence-electron chi connectivity index (χ0n) is 33.2. The van der Waals surface area contributed by atoms with Crippen LogP contribution in [0.5, 0.6) is 0 Å². The van der Waals surface area contributed by atoms with Crippen molar-refractivity contribution in [1.29, 1.82) is 0 Å². The first kappa shape index (κ1) is 47.5. The van der Waals surface area contributed by atoms with Crippen LogP contribution in [0.15, 0.2) is 0 Å². The predicted octanol–water partition coefficient (Wildman–Crippen LogP) is 3.87. The maximum atomic E-state index is 6.26. The molecule has 0 aromatic rings. The van der Waals surface area contributed by atoms with Gasteiger partial charge in [0.25, 0.3) is 0 Å². The molecule has 47 heavy (non-hydrogen) atoms. The number of rotatable bonds is 32. The molecule has 0 aromatic carbocycles. The molecule has 0 spiro atoms. The van der Waals surface area contributed by atoms with E-state index in [1.54, 1.807) is 28.4 Å². The molecule has 0 bridgehead atoms. The van der Waals surface area contributed by atoms with Crippen molar-refractivity contribution < 1.29 is 36.0 Å². The van der Waals surface area contributed by atoms with Crippen molar-refractivity contribution in [2.24, 2.45) is 0 Å². The third-order valence-electron chi connectivity index (χ3n) is 10.0. The molecule has 0 heterocycles. The fraction of sp³-hybridized carbons (Fsp3) is 1.00. The standard InChI is InChI=1S/C33H78N2O8Si4/c1-15-28(3)42-44-32(7,36-9)20-26-34(24-18-30(5)46(38-11)39-12)22-17-23-35(25-19-31(6)47(40-13)41-14)27-21-33(8,37-10)45-43-29(4)16-2/h28-31,46-47H,15-27,44-45H2,1-14H3. The molecule has 0 aliphatic rings. The summed E-state index contributed by atoms with van der Waals surface area (Å²) in [4.78, 5) is 5.27. The first-order chi connectivity index (χ1) is 22.3. The summed E-state index contributed by atoms with van der Waals surface area (Å²) in [5, 5.41) is -0.360. The Morgan fingerprint density at radius 2 is 0.894 bits per heavy atom. The van der Waals surface area contributed by atoms with Crippen molar-refractivity contribution >= 4 is 38.1 Å². The molecule has 0 aromatic heterocycles. The van der Waals surface area contributed by atoms with Gasteiger partial charge < -0.3 is 45.8 Å². The van der Waals surface area contributed by atoms with Gasteiger partial charge in [-0.3, -0.25) is 0 Å². The average Bonchev–Trinajstić information content (AvgIpc) is 3.08. The number of hydrogen-bond acceptors (Lipinski definition) is 10. The molecule has 0 aliphatic carbocycles. The third kappa shape index (κ3) is 20.8. The number of hydrogen-bond donors (Lipinski definition) is 0. The van der Waals surface area contributed by atoms with Crippen LogP contribution in [0.25, 0.3) is 0 Å². The molecule has 0 aliphatic heterocycles. The first-order valence-electron chi connectivity index (χ1n) is 18.2. The quantitative estimate of drug-likeness (QED) is 0.0949. The topological polar surface area (TPSA) is 80.3 Å². The molecule has 0 saturated heterocycles. The van der Waals surface area contributed by atoms with Crippen LogP contribution in [0.4, 0.5) is 0 Å². The highest BCUT2D eigenvalue weighted by Crippen LogP contribution is 2.21. The van der Waals surface area contributed by atoms with Crippen LogP contribution < -0.4 is 0 Å². The molecule has 0 saturated carbocycles. The minimum atomic E-state index is -1.66. The van der Waals surface area contributed by atoms with Gasteiger partial charge in [-0.2, -0.15) is 0 Å². The van der Waals surface area contributed by atoms with E-state index in [2.05, 4.69) is 65.2 Å². The van der Waals surface area contributed by atoms with Gasteiger partial charge in [0.15, 0.2) is 19.5 Å². The Hall–Kier alpha value is 0.468. The van der Waals surface area contributed by atoms with Gasteiger partial charge in [-0.25, -0.2) is 0 Å². The van der Waals surface area contributed by atoms with Gasteiger partial charge in [0.1, 0.15) is 0 Å². The van der Waals surface area contributed by atoms with E-state index in [9.17, 15) is 0 Å². The summed E-state index contributed by atoms with van der Waals surface area (Å²) in [5.41, 5.74) is 0.879. The van der Waals surface area contributed by atoms with Crippen molar-refractivity contribution in [3.05, 3.63) is 0 Å². The molecule has 6 unspecified atom stereocenters. The van der Waals surface area contributed by atoms with E-state index in [4.69, 9.17) is 36.0 Å². The zero-order chi connectivity index (χ0) is 35.9. The van der Waals surface area contributed by atoms with Crippen molar-refractivity contribution in [2.45, 2.75) is 134 Å². The van der Waals surface area contributed by atoms with Gasteiger partial charge in [0.05, 0.1) is 10.4 Å². The molecule has 0 fully saturated rings. The molecule has 6 atom stereocenters. The van der Waals surface area contributed by atoms with Gasteiger partial charge in [0, 0.05) is 68.0 Å². The van der Waals surface area contributed by atoms with Gasteiger partial charge >= 0.3 is 18.6 Å². The molecule has 10 nitrogen and oxygen atoms in total. The fourth-order valence-electron chi connectivity index (χ4n) is 5.48. The summed E-state index contributed by atoms with van der Waals surface area (Å²) < 4.78 is 47.5. The fourth-order valence-corrected chi connectivity index (χ4v) is 11.2. The van der Waals surface area contributed by atoms with E-state index in [-0.39, 0.29) is 10.4 Å². The second-order valence-corrected chi connectivity index (χ2v) is 24.0. The van der Waals surface area contributed by atoms with E-state index in [0.29, 0.717) is 23.3 Å². The SMILES string of the molecule is CCC(C)O[SiH2]C(C)(CCN(CCCN(CCC(C)[SiH](OC)OC)CCC(C)(OC)[SiH2]OC(C)CC)CCC(C)[SiH](OC)OC)OC. The number of ether oxygens (including phenoxy) is 2. The maximum Gasteiger partial charge on any atom is 0.323 e. The highest BCUT2D eigenvalue weighted by atomic mass is 28.3. The van der Waals surface area contributed by atoms with Crippen LogP contribution in [0.2, 0.25) is 11.1 Å². The Labute approximate surface area is 299 Å². The summed E-state index contributed by atoms with van der Waals surface area (Å²) in [5.74, 6) is 0. The van der Waals surface area contributed by atoms with Crippen molar-refractivity contribution in [1.82, 2.24) is 9.80 Å². The summed E-state index contributed by atoms with van der Waals surface area (Å²) >= 11 is 0. The van der Waals surface area contributed by atoms with E-state index in [1.165, 1.54) is 0 Å². The lowest BCUT2D eigenvalue weighted by molar-refractivity contribution is 0.0361. The smallest absolute Gasteiger partial charge is 0.323 e. The minimum absolute atomic E-state index is 0.180. The third-order valence-corrected chi connectivity index (χ3v) is 18.4. The second-order valence-electron chi connectivity index (χ2n) is 14.1. The Kier molecular flexibility index (Phi) is 27.4. The van der Waals surface area contributed by atoms with Gasteiger partial charge in [-0.15, -0.1) is 0 Å². The molecule has 14 heteroatoms. The Bertz CT molecular complexity index is 689. The molecular formula is C33H78N2O8Si4.